The Bertz CT molecular complexity index is 464. The number of hydrogen-bond donors (Lipinski definition) is 0. The molecule has 3 nitrogen and oxygen atoms in total. The molecule has 2 rings (SSSR count). The fraction of sp³-hybridized carbons (Fsp3) is 0.455. The van der Waals surface area contributed by atoms with Crippen molar-refractivity contribution in [2.75, 3.05) is 0 Å². The molecule has 0 N–H and O–H groups in total. The molecule has 0 radical (unpaired) electrons. The summed E-state index contributed by atoms with van der Waals surface area (Å²) in [6.45, 7) is 4.37. The smallest absolute Gasteiger partial charge is 0.156 e. The summed E-state index contributed by atoms with van der Waals surface area (Å²) in [5, 5.41) is 4.90. The van der Waals surface area contributed by atoms with Crippen molar-refractivity contribution in [2.45, 2.75) is 32.6 Å². The van der Waals surface area contributed by atoms with E-state index in [2.05, 4.69) is 23.9 Å². The van der Waals surface area contributed by atoms with Crippen LogP contribution in [0.5, 0.6) is 0 Å². The van der Waals surface area contributed by atoms with E-state index in [1.54, 1.807) is 10.8 Å². The molecular weight excluding hydrogens is 210 g/mol. The van der Waals surface area contributed by atoms with Crippen LogP contribution in [0.15, 0.2) is 18.6 Å². The van der Waals surface area contributed by atoms with Crippen molar-refractivity contribution in [1.29, 1.82) is 0 Å². The van der Waals surface area contributed by atoms with Gasteiger partial charge in [-0.05, 0) is 17.9 Å². The van der Waals surface area contributed by atoms with Crippen LogP contribution in [0.2, 0.25) is 5.02 Å². The number of fused-ring (bicyclic) bond motifs is 1. The SMILES string of the molecule is CCCC(C)c1cn2ncnc2cc1Cl. The lowest BCUT2D eigenvalue weighted by Crippen LogP contribution is -1.98. The second-order valence-corrected chi connectivity index (χ2v) is 4.24. The Balaban J connectivity index is 2.45. The molecule has 0 saturated carbocycles. The number of rotatable bonds is 3. The van der Waals surface area contributed by atoms with Crippen LogP contribution >= 0.6 is 11.6 Å². The minimum atomic E-state index is 0.469. The van der Waals surface area contributed by atoms with Crippen molar-refractivity contribution in [3.8, 4) is 0 Å². The van der Waals surface area contributed by atoms with E-state index in [0.717, 1.165) is 29.1 Å². The summed E-state index contributed by atoms with van der Waals surface area (Å²) >= 11 is 6.21. The first-order valence-corrected chi connectivity index (χ1v) is 5.59. The number of halogens is 1. The van der Waals surface area contributed by atoms with Gasteiger partial charge < -0.3 is 0 Å². The van der Waals surface area contributed by atoms with E-state index in [9.17, 15) is 0 Å². The molecule has 4 heteroatoms. The summed E-state index contributed by atoms with van der Waals surface area (Å²) in [7, 11) is 0. The van der Waals surface area contributed by atoms with E-state index in [1.165, 1.54) is 0 Å². The number of pyridine rings is 1. The van der Waals surface area contributed by atoms with Gasteiger partial charge >= 0.3 is 0 Å². The van der Waals surface area contributed by atoms with Crippen LogP contribution in [0.25, 0.3) is 5.65 Å². The predicted octanol–water partition coefficient (Wildman–Crippen LogP) is 3.29. The average molecular weight is 224 g/mol. The van der Waals surface area contributed by atoms with Crippen LogP contribution in [-0.2, 0) is 0 Å². The van der Waals surface area contributed by atoms with Crippen LogP contribution in [0.4, 0.5) is 0 Å². The summed E-state index contributed by atoms with van der Waals surface area (Å²) in [6, 6.07) is 1.87. The molecule has 2 heterocycles. The largest absolute Gasteiger partial charge is 0.221 e. The lowest BCUT2D eigenvalue weighted by Gasteiger charge is -2.12. The first-order chi connectivity index (χ1) is 7.22. The first-order valence-electron chi connectivity index (χ1n) is 5.21. The van der Waals surface area contributed by atoms with Crippen molar-refractivity contribution in [1.82, 2.24) is 14.6 Å². The third kappa shape index (κ3) is 1.97. The Kier molecular flexibility index (Phi) is 2.91. The third-order valence-corrected chi connectivity index (χ3v) is 2.97. The zero-order valence-electron chi connectivity index (χ0n) is 8.94. The summed E-state index contributed by atoms with van der Waals surface area (Å²) < 4.78 is 1.77. The molecule has 2 aromatic rings. The monoisotopic (exact) mass is 223 g/mol. The van der Waals surface area contributed by atoms with E-state index in [1.807, 2.05) is 12.3 Å². The van der Waals surface area contributed by atoms with Gasteiger partial charge in [0.2, 0.25) is 0 Å². The molecule has 0 aliphatic carbocycles. The van der Waals surface area contributed by atoms with Gasteiger partial charge in [-0.2, -0.15) is 5.10 Å². The molecule has 1 unspecified atom stereocenters. The molecule has 0 aliphatic rings. The molecule has 15 heavy (non-hydrogen) atoms. The van der Waals surface area contributed by atoms with Gasteiger partial charge in [0.05, 0.1) is 0 Å². The van der Waals surface area contributed by atoms with Gasteiger partial charge in [-0.3, -0.25) is 0 Å². The Morgan fingerprint density at radius 2 is 2.33 bits per heavy atom. The van der Waals surface area contributed by atoms with Gasteiger partial charge in [-0.25, -0.2) is 9.50 Å². The summed E-state index contributed by atoms with van der Waals surface area (Å²) in [6.07, 6.45) is 5.82. The minimum absolute atomic E-state index is 0.469. The van der Waals surface area contributed by atoms with E-state index in [-0.39, 0.29) is 0 Å². The van der Waals surface area contributed by atoms with Crippen LogP contribution in [0.3, 0.4) is 0 Å². The molecule has 0 saturated heterocycles. The molecular formula is C11H14ClN3. The zero-order valence-corrected chi connectivity index (χ0v) is 9.70. The molecule has 0 amide bonds. The molecule has 0 bridgehead atoms. The number of hydrogen-bond acceptors (Lipinski definition) is 2. The molecule has 80 valence electrons. The van der Waals surface area contributed by atoms with Crippen LogP contribution in [0.1, 0.15) is 38.2 Å². The highest BCUT2D eigenvalue weighted by Crippen LogP contribution is 2.28. The van der Waals surface area contributed by atoms with Crippen molar-refractivity contribution in [3.63, 3.8) is 0 Å². The summed E-state index contributed by atoms with van der Waals surface area (Å²) in [5.74, 6) is 0.469. The number of aromatic nitrogens is 3. The van der Waals surface area contributed by atoms with Gasteiger partial charge in [-0.15, -0.1) is 0 Å². The summed E-state index contributed by atoms with van der Waals surface area (Å²) in [5.41, 5.74) is 1.95. The molecule has 0 fully saturated rings. The number of nitrogens with zero attached hydrogens (tertiary/aromatic N) is 3. The molecule has 2 aromatic heterocycles. The van der Waals surface area contributed by atoms with Gasteiger partial charge in [0.1, 0.15) is 6.33 Å². The van der Waals surface area contributed by atoms with Gasteiger partial charge in [0.15, 0.2) is 5.65 Å². The van der Waals surface area contributed by atoms with Gasteiger partial charge in [0.25, 0.3) is 0 Å². The van der Waals surface area contributed by atoms with Gasteiger partial charge in [-0.1, -0.05) is 31.9 Å². The van der Waals surface area contributed by atoms with Gasteiger partial charge in [0, 0.05) is 17.3 Å². The second-order valence-electron chi connectivity index (χ2n) is 3.83. The van der Waals surface area contributed by atoms with E-state index < -0.39 is 0 Å². The van der Waals surface area contributed by atoms with Crippen LogP contribution in [-0.4, -0.2) is 14.6 Å². The fourth-order valence-corrected chi connectivity index (χ4v) is 2.14. The minimum Gasteiger partial charge on any atom is -0.221 e. The van der Waals surface area contributed by atoms with E-state index in [0.29, 0.717) is 5.92 Å². The molecule has 0 spiro atoms. The molecule has 0 aliphatic heterocycles. The van der Waals surface area contributed by atoms with Crippen molar-refractivity contribution in [2.24, 2.45) is 0 Å². The predicted molar refractivity (Wildman–Crippen MR) is 61.3 cm³/mol. The van der Waals surface area contributed by atoms with Crippen molar-refractivity contribution in [3.05, 3.63) is 29.2 Å². The highest BCUT2D eigenvalue weighted by molar-refractivity contribution is 6.31. The molecule has 0 aromatic carbocycles. The zero-order chi connectivity index (χ0) is 10.8. The van der Waals surface area contributed by atoms with Crippen molar-refractivity contribution >= 4 is 17.2 Å². The maximum absolute atomic E-state index is 6.21. The standard InChI is InChI=1S/C11H14ClN3/c1-3-4-8(2)9-6-15-11(5-10(9)12)13-7-14-15/h5-8H,3-4H2,1-2H3. The highest BCUT2D eigenvalue weighted by atomic mass is 35.5. The van der Waals surface area contributed by atoms with E-state index >= 15 is 0 Å². The lowest BCUT2D eigenvalue weighted by atomic mass is 9.98. The highest BCUT2D eigenvalue weighted by Gasteiger charge is 2.11. The third-order valence-electron chi connectivity index (χ3n) is 2.65. The Labute approximate surface area is 94.1 Å². The maximum atomic E-state index is 6.21. The van der Waals surface area contributed by atoms with E-state index in [4.69, 9.17) is 11.6 Å². The quantitative estimate of drug-likeness (QED) is 0.800. The normalized spacial score (nSPS) is 13.3. The average Bonchev–Trinajstić information content (AvgIpc) is 2.63. The lowest BCUT2D eigenvalue weighted by molar-refractivity contribution is 0.659. The first kappa shape index (κ1) is 10.4. The Morgan fingerprint density at radius 1 is 1.53 bits per heavy atom. The molecule has 1 atom stereocenters. The second kappa shape index (κ2) is 4.19. The summed E-state index contributed by atoms with van der Waals surface area (Å²) in [4.78, 5) is 4.09. The Morgan fingerprint density at radius 3 is 3.07 bits per heavy atom. The Hall–Kier alpha value is -1.09. The van der Waals surface area contributed by atoms with Crippen LogP contribution < -0.4 is 0 Å². The maximum Gasteiger partial charge on any atom is 0.156 e. The van der Waals surface area contributed by atoms with Crippen molar-refractivity contribution < 1.29 is 0 Å². The van der Waals surface area contributed by atoms with Crippen LogP contribution in [0, 0.1) is 0 Å². The topological polar surface area (TPSA) is 30.2 Å². The fourth-order valence-electron chi connectivity index (χ4n) is 1.80.